The van der Waals surface area contributed by atoms with Crippen LogP contribution in [0.5, 0.6) is 11.5 Å². The first-order chi connectivity index (χ1) is 32.1. The molecule has 0 saturated carbocycles. The van der Waals surface area contributed by atoms with Gasteiger partial charge in [-0.2, -0.15) is 0 Å². The summed E-state index contributed by atoms with van der Waals surface area (Å²) in [6, 6.07) is 1.75. The predicted octanol–water partition coefficient (Wildman–Crippen LogP) is 1.53. The second-order valence-electron chi connectivity index (χ2n) is 17.2. The number of hydrogen-bond acceptors (Lipinski definition) is 16. The zero-order valence-electron chi connectivity index (χ0n) is 37.9. The summed E-state index contributed by atoms with van der Waals surface area (Å²) in [4.78, 5) is 140. The minimum atomic E-state index is -1.69. The molecule has 1 heterocycles. The van der Waals surface area contributed by atoms with Crippen LogP contribution in [0.4, 0.5) is 11.4 Å². The van der Waals surface area contributed by atoms with Crippen molar-refractivity contribution in [2.45, 2.75) is 103 Å². The minimum Gasteiger partial charge on any atom is -0.507 e. The van der Waals surface area contributed by atoms with E-state index in [4.69, 9.17) is 0 Å². The van der Waals surface area contributed by atoms with Crippen molar-refractivity contribution in [3.63, 3.8) is 0 Å². The maximum atomic E-state index is 14.0. The van der Waals surface area contributed by atoms with Gasteiger partial charge in [-0.05, 0) is 69.3 Å². The van der Waals surface area contributed by atoms with Crippen LogP contribution < -0.4 is 31.9 Å². The third kappa shape index (κ3) is 14.4. The lowest BCUT2D eigenvalue weighted by molar-refractivity contribution is -0.143. The van der Waals surface area contributed by atoms with Crippen LogP contribution in [-0.2, 0) is 43.2 Å². The van der Waals surface area contributed by atoms with E-state index in [1.165, 1.54) is 24.3 Å². The lowest BCUT2D eigenvalue weighted by atomic mass is 9.81. The summed E-state index contributed by atoms with van der Waals surface area (Å²) >= 11 is 0. The van der Waals surface area contributed by atoms with E-state index in [0.717, 1.165) is 26.3 Å². The average molecular weight is 951 g/mol. The normalized spacial score (nSPS) is 15.7. The quantitative estimate of drug-likeness (QED) is 0.0363. The second kappa shape index (κ2) is 24.5. The third-order valence-electron chi connectivity index (χ3n) is 11.6. The van der Waals surface area contributed by atoms with E-state index in [0.29, 0.717) is 6.42 Å². The molecule has 0 bridgehead atoms. The van der Waals surface area contributed by atoms with E-state index in [1.807, 2.05) is 0 Å². The van der Waals surface area contributed by atoms with Crippen LogP contribution in [0.25, 0.3) is 0 Å². The molecule has 1 saturated heterocycles. The fourth-order valence-corrected chi connectivity index (χ4v) is 8.12. The Kier molecular flexibility index (Phi) is 19.2. The van der Waals surface area contributed by atoms with Crippen molar-refractivity contribution in [3.05, 3.63) is 46.5 Å². The molecule has 4 rings (SSSR count). The molecule has 2 aliphatic rings. The van der Waals surface area contributed by atoms with E-state index < -0.39 is 139 Å². The number of carboxylic acid groups (broad SMARTS) is 3. The number of ketones is 5. The van der Waals surface area contributed by atoms with Crippen LogP contribution >= 0.6 is 0 Å². The summed E-state index contributed by atoms with van der Waals surface area (Å²) in [6.07, 6.45) is -1.40. The molecular formula is C46H58N6O16. The van der Waals surface area contributed by atoms with Gasteiger partial charge in [0.1, 0.15) is 29.1 Å². The summed E-state index contributed by atoms with van der Waals surface area (Å²) in [7, 11) is 0. The molecular weight excluding hydrogens is 893 g/mol. The number of phenolic OH excluding ortho intramolecular Hbond substituents is 2. The number of Topliss-reactive ketones (excluding diaryl/α,β-unsaturated/α-hetero) is 3. The van der Waals surface area contributed by atoms with Gasteiger partial charge in [0, 0.05) is 62.6 Å². The minimum absolute atomic E-state index is 0.0433. The molecule has 3 amide bonds. The number of anilines is 2. The van der Waals surface area contributed by atoms with Crippen LogP contribution in [0.15, 0.2) is 24.3 Å². The number of carbonyl (C=O) groups excluding carboxylic acids is 8. The smallest absolute Gasteiger partial charge is 0.305 e. The Morgan fingerprint density at radius 2 is 1.24 bits per heavy atom. The molecule has 22 heteroatoms. The van der Waals surface area contributed by atoms with Crippen LogP contribution in [0, 0.1) is 17.8 Å². The Morgan fingerprint density at radius 1 is 0.662 bits per heavy atom. The third-order valence-corrected chi connectivity index (χ3v) is 11.6. The molecule has 0 radical (unpaired) electrons. The van der Waals surface area contributed by atoms with Gasteiger partial charge in [-0.25, -0.2) is 0 Å². The first kappa shape index (κ1) is 53.4. The predicted molar refractivity (Wildman–Crippen MR) is 240 cm³/mol. The van der Waals surface area contributed by atoms with E-state index in [1.54, 1.807) is 13.8 Å². The van der Waals surface area contributed by atoms with E-state index >= 15 is 0 Å². The number of carbonyl (C=O) groups is 11. The molecule has 1 aliphatic heterocycles. The van der Waals surface area contributed by atoms with Crippen molar-refractivity contribution in [1.29, 1.82) is 0 Å². The summed E-state index contributed by atoms with van der Waals surface area (Å²) in [6.45, 7) is 4.88. The van der Waals surface area contributed by atoms with Gasteiger partial charge in [0.05, 0.1) is 53.1 Å². The van der Waals surface area contributed by atoms with Crippen molar-refractivity contribution in [2.24, 2.45) is 17.8 Å². The van der Waals surface area contributed by atoms with Crippen molar-refractivity contribution in [3.8, 4) is 11.5 Å². The molecule has 368 valence electrons. The van der Waals surface area contributed by atoms with E-state index in [-0.39, 0.29) is 71.5 Å². The lowest BCUT2D eigenvalue weighted by Gasteiger charge is -2.26. The standard InChI is InChI=1S/C46H58N6O16/c1-22(2)25(20-34(57)27(10-13-35(58)59)51-44(66)24(18-23(3)53)19-36(60)61)45(67)52-30(21-37(62)63)46(68)50-17-16-49-29-9-12-33(56)41-39(29)43(65)40-32(55)11-8-28(38(40)42(41)64)48-15-5-7-31(54)26-6-4-14-47-26/h8-9,11-12,22,24-27,30,47-49,55-56H,4-7,10,13-21H2,1-3H3,(H,50,68)(H,51,66)(H,52,67)(H,58,59)(H,60,61)(H,62,63). The number of hydrogen-bond donors (Lipinski definition) is 11. The number of aromatic hydroxyl groups is 2. The Labute approximate surface area is 390 Å². The van der Waals surface area contributed by atoms with Crippen LogP contribution in [0.1, 0.15) is 117 Å². The molecule has 5 atom stereocenters. The second-order valence-corrected chi connectivity index (χ2v) is 17.2. The summed E-state index contributed by atoms with van der Waals surface area (Å²) < 4.78 is 0. The van der Waals surface area contributed by atoms with E-state index in [2.05, 4.69) is 31.9 Å². The molecule has 11 N–H and O–H groups in total. The van der Waals surface area contributed by atoms with E-state index in [9.17, 15) is 78.3 Å². The highest BCUT2D eigenvalue weighted by Gasteiger charge is 2.39. The SMILES string of the molecule is CC(=O)CC(CC(=O)O)C(=O)NC(CCC(=O)O)C(=O)CC(C(=O)NC(CC(=O)O)C(=O)NCCNc1ccc(O)c2c1C(=O)c1c(O)ccc(NCCCC(=O)C3CCCN3)c1C2=O)C(C)C. The number of carboxylic acids is 3. The molecule has 2 aromatic rings. The Hall–Kier alpha value is -7.23. The van der Waals surface area contributed by atoms with Gasteiger partial charge in [0.25, 0.3) is 0 Å². The summed E-state index contributed by atoms with van der Waals surface area (Å²) in [5, 5.41) is 66.1. The summed E-state index contributed by atoms with van der Waals surface area (Å²) in [5.41, 5.74) is -0.839. The number of phenols is 2. The van der Waals surface area contributed by atoms with Crippen molar-refractivity contribution in [1.82, 2.24) is 21.3 Å². The number of aliphatic carboxylic acids is 3. The highest BCUT2D eigenvalue weighted by Crippen LogP contribution is 2.42. The highest BCUT2D eigenvalue weighted by atomic mass is 16.4. The molecule has 68 heavy (non-hydrogen) atoms. The van der Waals surface area contributed by atoms with Crippen LogP contribution in [0.3, 0.4) is 0 Å². The topological polar surface area (TPSA) is 361 Å². The van der Waals surface area contributed by atoms with Gasteiger partial charge in [-0.1, -0.05) is 13.8 Å². The zero-order chi connectivity index (χ0) is 50.4. The molecule has 0 aromatic heterocycles. The molecule has 0 spiro atoms. The molecule has 5 unspecified atom stereocenters. The van der Waals surface area contributed by atoms with Gasteiger partial charge in [-0.3, -0.25) is 47.9 Å². The Bertz CT molecular complexity index is 2310. The van der Waals surface area contributed by atoms with Crippen LogP contribution in [0.2, 0.25) is 0 Å². The first-order valence-electron chi connectivity index (χ1n) is 22.2. The Balaban J connectivity index is 1.42. The fourth-order valence-electron chi connectivity index (χ4n) is 8.12. The maximum absolute atomic E-state index is 14.0. The first-order valence-corrected chi connectivity index (χ1v) is 22.2. The number of nitrogens with one attached hydrogen (secondary N) is 6. The zero-order valence-corrected chi connectivity index (χ0v) is 37.9. The van der Waals surface area contributed by atoms with Gasteiger partial charge in [-0.15, -0.1) is 0 Å². The number of amides is 3. The average Bonchev–Trinajstić information content (AvgIpc) is 3.81. The van der Waals surface area contributed by atoms with Gasteiger partial charge < -0.3 is 62.2 Å². The van der Waals surface area contributed by atoms with Gasteiger partial charge >= 0.3 is 17.9 Å². The monoisotopic (exact) mass is 950 g/mol. The maximum Gasteiger partial charge on any atom is 0.305 e. The van der Waals surface area contributed by atoms with Crippen molar-refractivity contribution < 1.29 is 78.3 Å². The molecule has 2 aromatic carbocycles. The molecule has 22 nitrogen and oxygen atoms in total. The van der Waals surface area contributed by atoms with Crippen molar-refractivity contribution >= 4 is 75.9 Å². The van der Waals surface area contributed by atoms with Crippen molar-refractivity contribution in [2.75, 3.05) is 36.8 Å². The fraction of sp³-hybridized carbons (Fsp3) is 0.500. The number of fused-ring (bicyclic) bond motifs is 2. The number of rotatable bonds is 28. The largest absolute Gasteiger partial charge is 0.507 e. The lowest BCUT2D eigenvalue weighted by Crippen LogP contribution is -2.51. The van der Waals surface area contributed by atoms with Crippen LogP contribution in [-0.4, -0.2) is 134 Å². The van der Waals surface area contributed by atoms with Gasteiger partial charge in [0.2, 0.25) is 29.3 Å². The number of benzene rings is 2. The van der Waals surface area contributed by atoms with Gasteiger partial charge in [0.15, 0.2) is 5.78 Å². The Morgan fingerprint density at radius 3 is 1.75 bits per heavy atom. The molecule has 1 aliphatic carbocycles. The highest BCUT2D eigenvalue weighted by molar-refractivity contribution is 6.33. The molecule has 1 fully saturated rings. The summed E-state index contributed by atoms with van der Waals surface area (Å²) in [5.74, 6) is -14.2.